The Morgan fingerprint density at radius 3 is 2.06 bits per heavy atom. The summed E-state index contributed by atoms with van der Waals surface area (Å²) in [6.07, 6.45) is 6.90. The molecular formula is C37H37Cl2N7O3. The second kappa shape index (κ2) is 14.6. The van der Waals surface area contributed by atoms with Gasteiger partial charge in [-0.1, -0.05) is 65.7 Å². The molecule has 2 aromatic carbocycles. The zero-order valence-electron chi connectivity index (χ0n) is 27.1. The minimum atomic E-state index is 0.103. The summed E-state index contributed by atoms with van der Waals surface area (Å²) in [6, 6.07) is 20.1. The van der Waals surface area contributed by atoms with Gasteiger partial charge in [-0.3, -0.25) is 9.59 Å². The fourth-order valence-corrected chi connectivity index (χ4v) is 7.20. The standard InChI is InChI=1S/C37H37Cl2N7O3/c1-49-37-22(16-40-17-24-10-14-33(47)43-24)8-12-31(45-37)30-7-3-6-29(36(30)39)28-5-2-4-27(35(28)38)23-9-13-32-42-26(21-46(32)20-23)19-41-18-25-11-15-34(48)44-25/h2-9,12-13,20-21,24-25,40-41H,10-11,14-19H2,1H3,(H,43,47)(H,44,48)/t24-,25-/m1/s1. The quantitative estimate of drug-likeness (QED) is 0.130. The Labute approximate surface area is 294 Å². The van der Waals surface area contributed by atoms with Crippen LogP contribution in [0.2, 0.25) is 10.0 Å². The number of halogens is 2. The van der Waals surface area contributed by atoms with Gasteiger partial charge < -0.3 is 30.4 Å². The van der Waals surface area contributed by atoms with Crippen LogP contribution in [0, 0.1) is 0 Å². The molecule has 12 heteroatoms. The van der Waals surface area contributed by atoms with Crippen molar-refractivity contribution in [3.63, 3.8) is 0 Å². The number of carbonyl (C=O) groups is 2. The highest BCUT2D eigenvalue weighted by Gasteiger charge is 2.22. The normalized spacial score (nSPS) is 17.4. The van der Waals surface area contributed by atoms with Crippen LogP contribution in [0.4, 0.5) is 0 Å². The summed E-state index contributed by atoms with van der Waals surface area (Å²) < 4.78 is 7.66. The summed E-state index contributed by atoms with van der Waals surface area (Å²) in [7, 11) is 1.61. The van der Waals surface area contributed by atoms with E-state index in [2.05, 4.69) is 21.3 Å². The predicted octanol–water partition coefficient (Wildman–Crippen LogP) is 5.78. The Hall–Kier alpha value is -4.48. The predicted molar refractivity (Wildman–Crippen MR) is 192 cm³/mol. The molecule has 2 aliphatic rings. The highest BCUT2D eigenvalue weighted by molar-refractivity contribution is 6.39. The highest BCUT2D eigenvalue weighted by atomic mass is 35.5. The van der Waals surface area contributed by atoms with Crippen molar-refractivity contribution in [2.75, 3.05) is 20.2 Å². The van der Waals surface area contributed by atoms with Gasteiger partial charge in [0.15, 0.2) is 0 Å². The Balaban J connectivity index is 1.09. The molecule has 2 atom stereocenters. The van der Waals surface area contributed by atoms with Crippen LogP contribution in [0.1, 0.15) is 36.9 Å². The largest absolute Gasteiger partial charge is 0.481 e. The maximum Gasteiger partial charge on any atom is 0.220 e. The number of imidazole rings is 1. The minimum Gasteiger partial charge on any atom is -0.481 e. The van der Waals surface area contributed by atoms with Gasteiger partial charge in [-0.05, 0) is 36.6 Å². The lowest BCUT2D eigenvalue weighted by Crippen LogP contribution is -2.35. The van der Waals surface area contributed by atoms with Crippen molar-refractivity contribution >= 4 is 40.7 Å². The first-order chi connectivity index (χ1) is 23.9. The van der Waals surface area contributed by atoms with Crippen LogP contribution in [-0.4, -0.2) is 58.5 Å². The average molecular weight is 699 g/mol. The van der Waals surface area contributed by atoms with Crippen molar-refractivity contribution in [1.29, 1.82) is 0 Å². The van der Waals surface area contributed by atoms with Crippen LogP contribution in [0.25, 0.3) is 39.2 Å². The van der Waals surface area contributed by atoms with Crippen molar-refractivity contribution in [1.82, 2.24) is 35.6 Å². The van der Waals surface area contributed by atoms with Gasteiger partial charge in [0.1, 0.15) is 5.65 Å². The zero-order valence-corrected chi connectivity index (χ0v) is 28.6. The van der Waals surface area contributed by atoms with E-state index in [0.29, 0.717) is 60.6 Å². The molecular weight excluding hydrogens is 661 g/mol. The van der Waals surface area contributed by atoms with Gasteiger partial charge in [0, 0.05) is 91.3 Å². The molecule has 0 radical (unpaired) electrons. The van der Waals surface area contributed by atoms with E-state index in [4.69, 9.17) is 37.9 Å². The second-order valence-electron chi connectivity index (χ2n) is 12.5. The summed E-state index contributed by atoms with van der Waals surface area (Å²) in [5.41, 5.74) is 7.55. The number of pyridine rings is 2. The van der Waals surface area contributed by atoms with Crippen LogP contribution in [-0.2, 0) is 22.7 Å². The molecule has 252 valence electrons. The van der Waals surface area contributed by atoms with Crippen LogP contribution in [0.3, 0.4) is 0 Å². The van der Waals surface area contributed by atoms with E-state index in [-0.39, 0.29) is 23.9 Å². The lowest BCUT2D eigenvalue weighted by atomic mass is 9.97. The number of hydrogen-bond acceptors (Lipinski definition) is 7. The summed E-state index contributed by atoms with van der Waals surface area (Å²) in [5.74, 6) is 0.731. The van der Waals surface area contributed by atoms with Gasteiger partial charge in [0.2, 0.25) is 17.7 Å². The van der Waals surface area contributed by atoms with Gasteiger partial charge in [0.05, 0.1) is 28.5 Å². The van der Waals surface area contributed by atoms with Crippen molar-refractivity contribution in [3.05, 3.63) is 94.4 Å². The Morgan fingerprint density at radius 2 is 1.41 bits per heavy atom. The second-order valence-corrected chi connectivity index (χ2v) is 13.2. The fourth-order valence-electron chi connectivity index (χ4n) is 6.54. The molecule has 0 spiro atoms. The van der Waals surface area contributed by atoms with Gasteiger partial charge in [-0.15, -0.1) is 0 Å². The number of methoxy groups -OCH3 is 1. The topological polar surface area (TPSA) is 122 Å². The number of nitrogens with one attached hydrogen (secondary N) is 4. The number of hydrogen-bond donors (Lipinski definition) is 4. The number of amides is 2. The van der Waals surface area contributed by atoms with Crippen LogP contribution in [0.15, 0.2) is 73.1 Å². The van der Waals surface area contributed by atoms with Crippen molar-refractivity contribution in [3.8, 4) is 39.4 Å². The SMILES string of the molecule is COc1nc(-c2cccc(-c3cccc(-c4ccc5nc(CNC[C@H]6CCC(=O)N6)cn5c4)c3Cl)c2Cl)ccc1CNC[C@H]1CCC(=O)N1. The van der Waals surface area contributed by atoms with E-state index in [1.54, 1.807) is 7.11 Å². The molecule has 5 heterocycles. The van der Waals surface area contributed by atoms with Gasteiger partial charge in [-0.25, -0.2) is 9.97 Å². The highest BCUT2D eigenvalue weighted by Crippen LogP contribution is 2.42. The van der Waals surface area contributed by atoms with Crippen molar-refractivity contribution < 1.29 is 14.3 Å². The molecule has 7 rings (SSSR count). The molecule has 0 aliphatic carbocycles. The van der Waals surface area contributed by atoms with Crippen LogP contribution in [0.5, 0.6) is 5.88 Å². The molecule has 10 nitrogen and oxygen atoms in total. The lowest BCUT2D eigenvalue weighted by Gasteiger charge is -2.16. The van der Waals surface area contributed by atoms with E-state index < -0.39 is 0 Å². The molecule has 2 saturated heterocycles. The molecule has 49 heavy (non-hydrogen) atoms. The Morgan fingerprint density at radius 1 is 0.776 bits per heavy atom. The molecule has 0 bridgehead atoms. The maximum atomic E-state index is 11.5. The van der Waals surface area contributed by atoms with E-state index in [0.717, 1.165) is 57.6 Å². The van der Waals surface area contributed by atoms with Gasteiger partial charge in [-0.2, -0.15) is 0 Å². The summed E-state index contributed by atoms with van der Waals surface area (Å²) in [5, 5.41) is 13.9. The monoisotopic (exact) mass is 697 g/mol. The van der Waals surface area contributed by atoms with Crippen LogP contribution >= 0.6 is 23.2 Å². The third kappa shape index (κ3) is 7.28. The van der Waals surface area contributed by atoms with E-state index >= 15 is 0 Å². The van der Waals surface area contributed by atoms with Crippen molar-refractivity contribution in [2.45, 2.75) is 50.9 Å². The molecule has 3 aromatic heterocycles. The number of ether oxygens (including phenoxy) is 1. The molecule has 4 N–H and O–H groups in total. The zero-order chi connectivity index (χ0) is 33.9. The molecule has 5 aromatic rings. The number of nitrogens with zero attached hydrogens (tertiary/aromatic N) is 3. The molecule has 2 fully saturated rings. The smallest absolute Gasteiger partial charge is 0.220 e. The van der Waals surface area contributed by atoms with Gasteiger partial charge >= 0.3 is 0 Å². The summed E-state index contributed by atoms with van der Waals surface area (Å²) in [4.78, 5) is 32.5. The Kier molecular flexibility index (Phi) is 9.81. The number of fused-ring (bicyclic) bond motifs is 1. The fraction of sp³-hybridized carbons (Fsp3) is 0.297. The first kappa shape index (κ1) is 33.0. The van der Waals surface area contributed by atoms with E-state index in [9.17, 15) is 9.59 Å². The Bertz CT molecular complexity index is 2030. The summed E-state index contributed by atoms with van der Waals surface area (Å²) in [6.45, 7) is 2.56. The van der Waals surface area contributed by atoms with E-state index in [1.807, 2.05) is 77.5 Å². The van der Waals surface area contributed by atoms with Crippen LogP contribution < -0.4 is 26.0 Å². The maximum absolute atomic E-state index is 11.5. The average Bonchev–Trinajstić information content (AvgIpc) is 3.84. The van der Waals surface area contributed by atoms with Crippen molar-refractivity contribution in [2.24, 2.45) is 0 Å². The third-order valence-corrected chi connectivity index (χ3v) is 9.90. The first-order valence-corrected chi connectivity index (χ1v) is 17.2. The minimum absolute atomic E-state index is 0.103. The molecule has 0 unspecified atom stereocenters. The van der Waals surface area contributed by atoms with E-state index in [1.165, 1.54) is 0 Å². The number of benzene rings is 2. The first-order valence-electron chi connectivity index (χ1n) is 16.5. The number of rotatable bonds is 12. The molecule has 0 saturated carbocycles. The number of aromatic nitrogens is 3. The summed E-state index contributed by atoms with van der Waals surface area (Å²) >= 11 is 14.2. The van der Waals surface area contributed by atoms with Gasteiger partial charge in [0.25, 0.3) is 0 Å². The lowest BCUT2D eigenvalue weighted by molar-refractivity contribution is -0.120. The number of carbonyl (C=O) groups excluding carboxylic acids is 2. The third-order valence-electron chi connectivity index (χ3n) is 9.08. The molecule has 2 aliphatic heterocycles. The molecule has 2 amide bonds.